The molecule has 0 N–H and O–H groups in total. The van der Waals surface area contributed by atoms with Gasteiger partial charge in [0, 0.05) is 29.6 Å². The molecule has 6 rings (SSSR count). The molecule has 154 valence electrons. The maximum Gasteiger partial charge on any atom is 0.342 e. The molecule has 2 aromatic carbocycles. The molecule has 0 amide bonds. The van der Waals surface area contributed by atoms with Crippen LogP contribution < -0.4 is 11.2 Å². The van der Waals surface area contributed by atoms with E-state index in [1.807, 2.05) is 25.4 Å². The lowest BCUT2D eigenvalue weighted by atomic mass is 10.2. The zero-order valence-corrected chi connectivity index (χ0v) is 18.0. The molecule has 3 aromatic heterocycles. The highest BCUT2D eigenvalue weighted by molar-refractivity contribution is 7.18. The van der Waals surface area contributed by atoms with Crippen LogP contribution in [0.15, 0.2) is 58.3 Å². The maximum atomic E-state index is 13.7. The summed E-state index contributed by atoms with van der Waals surface area (Å²) in [6.45, 7) is 0. The smallest absolute Gasteiger partial charge is 0.275 e. The number of nitrogens with zero attached hydrogens (tertiary/aromatic N) is 5. The van der Waals surface area contributed by atoms with Gasteiger partial charge in [0.1, 0.15) is 4.70 Å². The van der Waals surface area contributed by atoms with E-state index in [1.54, 1.807) is 35.0 Å². The van der Waals surface area contributed by atoms with Crippen LogP contribution in [0.1, 0.15) is 23.8 Å². The highest BCUT2D eigenvalue weighted by atomic mass is 35.5. The molecule has 31 heavy (non-hydrogen) atoms. The molecule has 0 spiro atoms. The highest BCUT2D eigenvalue weighted by Gasteiger charge is 2.29. The summed E-state index contributed by atoms with van der Waals surface area (Å²) in [7, 11) is 1.84. The van der Waals surface area contributed by atoms with Crippen LogP contribution in [0.3, 0.4) is 0 Å². The predicted octanol–water partition coefficient (Wildman–Crippen LogP) is 4.02. The van der Waals surface area contributed by atoms with E-state index >= 15 is 0 Å². The van der Waals surface area contributed by atoms with Crippen LogP contribution in [0.25, 0.3) is 32.6 Å². The molecule has 5 aromatic rings. The summed E-state index contributed by atoms with van der Waals surface area (Å²) in [6, 6.07) is 12.3. The van der Waals surface area contributed by atoms with Crippen molar-refractivity contribution >= 4 is 44.2 Å². The van der Waals surface area contributed by atoms with E-state index in [4.69, 9.17) is 16.6 Å². The summed E-state index contributed by atoms with van der Waals surface area (Å²) in [5.74, 6) is 0.380. The van der Waals surface area contributed by atoms with E-state index in [0.29, 0.717) is 32.7 Å². The van der Waals surface area contributed by atoms with Gasteiger partial charge < -0.3 is 0 Å². The molecular formula is C22H16ClN5O2S. The van der Waals surface area contributed by atoms with Gasteiger partial charge in [-0.05, 0) is 55.3 Å². The van der Waals surface area contributed by atoms with Crippen molar-refractivity contribution < 1.29 is 0 Å². The standard InChI is InChI=1S/C22H16ClN5O2S/c1-26-11-13-10-16(8-9-17(13)25-26)28-21(29)18-19(24-20(31-18)12-2-3-12)27(22(28)30)15-6-4-14(23)5-7-15/h4-12H,2-3H2,1H3. The molecule has 7 nitrogen and oxygen atoms in total. The monoisotopic (exact) mass is 449 g/mol. The average molecular weight is 450 g/mol. The Labute approximate surface area is 184 Å². The van der Waals surface area contributed by atoms with E-state index in [1.165, 1.54) is 20.5 Å². The summed E-state index contributed by atoms with van der Waals surface area (Å²) in [6.07, 6.45) is 3.99. The Morgan fingerprint density at radius 2 is 1.77 bits per heavy atom. The Balaban J connectivity index is 1.70. The fourth-order valence-electron chi connectivity index (χ4n) is 3.83. The van der Waals surface area contributed by atoms with Crippen molar-refractivity contribution in [2.24, 2.45) is 7.05 Å². The topological polar surface area (TPSA) is 74.7 Å². The molecule has 0 atom stereocenters. The molecule has 1 aliphatic carbocycles. The Morgan fingerprint density at radius 1 is 1.03 bits per heavy atom. The van der Waals surface area contributed by atoms with Crippen molar-refractivity contribution in [2.45, 2.75) is 18.8 Å². The molecule has 3 heterocycles. The van der Waals surface area contributed by atoms with Gasteiger partial charge in [0.2, 0.25) is 0 Å². The predicted molar refractivity (Wildman–Crippen MR) is 122 cm³/mol. The van der Waals surface area contributed by atoms with E-state index in [0.717, 1.165) is 28.8 Å². The molecule has 0 bridgehead atoms. The van der Waals surface area contributed by atoms with Crippen LogP contribution >= 0.6 is 22.9 Å². The lowest BCUT2D eigenvalue weighted by Crippen LogP contribution is -2.38. The molecule has 1 fully saturated rings. The Morgan fingerprint density at radius 3 is 2.52 bits per heavy atom. The van der Waals surface area contributed by atoms with Crippen molar-refractivity contribution in [3.8, 4) is 11.4 Å². The van der Waals surface area contributed by atoms with Crippen LogP contribution in [0.2, 0.25) is 5.02 Å². The van der Waals surface area contributed by atoms with E-state index in [9.17, 15) is 9.59 Å². The molecule has 0 unspecified atom stereocenters. The maximum absolute atomic E-state index is 13.7. The third-order valence-electron chi connectivity index (χ3n) is 5.49. The lowest BCUT2D eigenvalue weighted by Gasteiger charge is -2.11. The Bertz CT molecular complexity index is 1610. The number of hydrogen-bond acceptors (Lipinski definition) is 5. The second-order valence-corrected chi connectivity index (χ2v) is 9.23. The number of rotatable bonds is 3. The van der Waals surface area contributed by atoms with Gasteiger partial charge in [-0.1, -0.05) is 11.6 Å². The van der Waals surface area contributed by atoms with Gasteiger partial charge in [0.25, 0.3) is 5.56 Å². The SMILES string of the molecule is Cn1cc2cc(-n3c(=O)c4sc(C5CC5)nc4n(-c4ccc(Cl)cc4)c3=O)ccc2n1. The van der Waals surface area contributed by atoms with Gasteiger partial charge >= 0.3 is 5.69 Å². The molecule has 9 heteroatoms. The summed E-state index contributed by atoms with van der Waals surface area (Å²) in [5, 5.41) is 6.71. The molecular weight excluding hydrogens is 434 g/mol. The van der Waals surface area contributed by atoms with Crippen LogP contribution in [0.5, 0.6) is 0 Å². The van der Waals surface area contributed by atoms with Gasteiger partial charge in [0.05, 0.1) is 21.9 Å². The van der Waals surface area contributed by atoms with Gasteiger partial charge in [-0.25, -0.2) is 18.9 Å². The number of thiazole rings is 1. The lowest BCUT2D eigenvalue weighted by molar-refractivity contribution is 0.780. The molecule has 1 saturated carbocycles. The number of halogens is 1. The van der Waals surface area contributed by atoms with E-state index in [2.05, 4.69) is 5.10 Å². The van der Waals surface area contributed by atoms with Gasteiger partial charge in [-0.3, -0.25) is 9.48 Å². The highest BCUT2D eigenvalue weighted by Crippen LogP contribution is 2.42. The zero-order chi connectivity index (χ0) is 21.3. The van der Waals surface area contributed by atoms with Crippen molar-refractivity contribution in [2.75, 3.05) is 0 Å². The number of hydrogen-bond donors (Lipinski definition) is 0. The van der Waals surface area contributed by atoms with Gasteiger partial charge in [0.15, 0.2) is 5.65 Å². The van der Waals surface area contributed by atoms with Crippen molar-refractivity contribution in [1.82, 2.24) is 23.9 Å². The van der Waals surface area contributed by atoms with Gasteiger partial charge in [-0.15, -0.1) is 11.3 Å². The minimum atomic E-state index is -0.462. The first-order valence-corrected chi connectivity index (χ1v) is 11.1. The first kappa shape index (κ1) is 18.5. The second-order valence-electron chi connectivity index (χ2n) is 7.76. The molecule has 1 aliphatic rings. The summed E-state index contributed by atoms with van der Waals surface area (Å²) in [4.78, 5) is 31.8. The third kappa shape index (κ3) is 2.94. The number of aromatic nitrogens is 5. The zero-order valence-electron chi connectivity index (χ0n) is 16.4. The number of aryl methyl sites for hydroxylation is 1. The average Bonchev–Trinajstić information content (AvgIpc) is 3.39. The Hall–Kier alpha value is -3.23. The number of benzene rings is 2. The Kier molecular flexibility index (Phi) is 3.97. The van der Waals surface area contributed by atoms with Crippen LogP contribution in [-0.4, -0.2) is 23.9 Å². The normalized spacial score (nSPS) is 14.0. The van der Waals surface area contributed by atoms with Crippen LogP contribution in [0.4, 0.5) is 0 Å². The van der Waals surface area contributed by atoms with E-state index < -0.39 is 5.69 Å². The second kappa shape index (κ2) is 6.63. The fraction of sp³-hybridized carbons (Fsp3) is 0.182. The van der Waals surface area contributed by atoms with Crippen molar-refractivity contribution in [1.29, 1.82) is 0 Å². The minimum Gasteiger partial charge on any atom is -0.275 e. The first-order valence-electron chi connectivity index (χ1n) is 9.88. The number of fused-ring (bicyclic) bond motifs is 2. The fourth-order valence-corrected chi connectivity index (χ4v) is 5.11. The van der Waals surface area contributed by atoms with Crippen molar-refractivity contribution in [3.63, 3.8) is 0 Å². The van der Waals surface area contributed by atoms with Crippen LogP contribution in [0, 0.1) is 0 Å². The van der Waals surface area contributed by atoms with Gasteiger partial charge in [-0.2, -0.15) is 5.10 Å². The summed E-state index contributed by atoms with van der Waals surface area (Å²) >= 11 is 7.44. The molecule has 0 saturated heterocycles. The van der Waals surface area contributed by atoms with Crippen molar-refractivity contribution in [3.05, 3.63) is 79.5 Å². The molecule has 0 radical (unpaired) electrons. The molecule has 0 aliphatic heterocycles. The van der Waals surface area contributed by atoms with E-state index in [-0.39, 0.29) is 5.56 Å². The first-order chi connectivity index (χ1) is 15.0. The quantitative estimate of drug-likeness (QED) is 0.417. The minimum absolute atomic E-state index is 0.349. The third-order valence-corrected chi connectivity index (χ3v) is 6.94. The summed E-state index contributed by atoms with van der Waals surface area (Å²) in [5.41, 5.74) is 1.51. The summed E-state index contributed by atoms with van der Waals surface area (Å²) < 4.78 is 4.90. The van der Waals surface area contributed by atoms with Crippen LogP contribution in [-0.2, 0) is 7.05 Å². The largest absolute Gasteiger partial charge is 0.342 e.